The van der Waals surface area contributed by atoms with Crippen LogP contribution in [0.1, 0.15) is 18.2 Å². The number of hydrogen-bond acceptors (Lipinski definition) is 3. The number of furan rings is 1. The number of carbonyl (C=O) groups excluding carboxylic acids is 1. The fraction of sp³-hybridized carbons (Fsp3) is 0.353. The molecule has 4 nitrogen and oxygen atoms in total. The van der Waals surface area contributed by atoms with Crippen molar-refractivity contribution in [2.24, 2.45) is 0 Å². The Labute approximate surface area is 137 Å². The Morgan fingerprint density at radius 2 is 1.92 bits per heavy atom. The van der Waals surface area contributed by atoms with Gasteiger partial charge in [0.15, 0.2) is 0 Å². The molecule has 0 aliphatic heterocycles. The monoisotopic (exact) mass is 341 g/mol. The van der Waals surface area contributed by atoms with Crippen molar-refractivity contribution in [3.8, 4) is 5.75 Å². The van der Waals surface area contributed by atoms with Crippen molar-refractivity contribution in [3.63, 3.8) is 0 Å². The Hall–Kier alpha value is -2.44. The van der Waals surface area contributed by atoms with Crippen molar-refractivity contribution in [3.05, 3.63) is 54.0 Å². The zero-order valence-electron chi connectivity index (χ0n) is 13.2. The summed E-state index contributed by atoms with van der Waals surface area (Å²) in [5.74, 6) is 0.337. The molecule has 0 fully saturated rings. The first-order valence-electron chi connectivity index (χ1n) is 7.46. The first-order valence-corrected chi connectivity index (χ1v) is 7.46. The van der Waals surface area contributed by atoms with Crippen LogP contribution in [0.3, 0.4) is 0 Å². The first-order chi connectivity index (χ1) is 11.4. The molecule has 0 saturated carbocycles. The fourth-order valence-electron chi connectivity index (χ4n) is 2.20. The SMILES string of the molecule is CCOc1ccc(CC(=O)N(Cc2ccco2)CC(F)(F)F)cc1. The Morgan fingerprint density at radius 1 is 1.21 bits per heavy atom. The number of nitrogens with zero attached hydrogens (tertiary/aromatic N) is 1. The Morgan fingerprint density at radius 3 is 2.46 bits per heavy atom. The molecule has 2 aromatic rings. The van der Waals surface area contributed by atoms with Crippen LogP contribution in [-0.2, 0) is 17.8 Å². The molecular formula is C17H18F3NO3. The van der Waals surface area contributed by atoms with Crippen molar-refractivity contribution in [1.29, 1.82) is 0 Å². The van der Waals surface area contributed by atoms with Gasteiger partial charge in [0.2, 0.25) is 5.91 Å². The second-order valence-electron chi connectivity index (χ2n) is 5.20. The van der Waals surface area contributed by atoms with E-state index in [2.05, 4.69) is 0 Å². The van der Waals surface area contributed by atoms with E-state index in [0.29, 0.717) is 23.7 Å². The van der Waals surface area contributed by atoms with Gasteiger partial charge in [-0.25, -0.2) is 0 Å². The van der Waals surface area contributed by atoms with Crippen LogP contribution < -0.4 is 4.74 Å². The molecule has 1 aromatic carbocycles. The highest BCUT2D eigenvalue weighted by Crippen LogP contribution is 2.20. The number of alkyl halides is 3. The average molecular weight is 341 g/mol. The zero-order valence-corrected chi connectivity index (χ0v) is 13.2. The number of hydrogen-bond donors (Lipinski definition) is 0. The highest BCUT2D eigenvalue weighted by atomic mass is 19.4. The van der Waals surface area contributed by atoms with E-state index in [4.69, 9.17) is 9.15 Å². The number of amides is 1. The maximum atomic E-state index is 12.7. The van der Waals surface area contributed by atoms with Crippen molar-refractivity contribution < 1.29 is 27.1 Å². The van der Waals surface area contributed by atoms with Gasteiger partial charge in [-0.05, 0) is 36.8 Å². The summed E-state index contributed by atoms with van der Waals surface area (Å²) in [6.07, 6.45) is -3.23. The number of carbonyl (C=O) groups is 1. The largest absolute Gasteiger partial charge is 0.494 e. The molecule has 1 amide bonds. The number of benzene rings is 1. The van der Waals surface area contributed by atoms with Crippen molar-refractivity contribution in [2.75, 3.05) is 13.2 Å². The Balaban J connectivity index is 2.05. The summed E-state index contributed by atoms with van der Waals surface area (Å²) in [6.45, 7) is 0.827. The Bertz CT molecular complexity index is 636. The van der Waals surface area contributed by atoms with Crippen LogP contribution >= 0.6 is 0 Å². The van der Waals surface area contributed by atoms with E-state index in [1.165, 1.54) is 12.3 Å². The summed E-state index contributed by atoms with van der Waals surface area (Å²) in [7, 11) is 0. The zero-order chi connectivity index (χ0) is 17.6. The van der Waals surface area contributed by atoms with Gasteiger partial charge in [-0.1, -0.05) is 12.1 Å². The third-order valence-corrected chi connectivity index (χ3v) is 3.24. The molecule has 0 N–H and O–H groups in total. The molecule has 0 unspecified atom stereocenters. The minimum Gasteiger partial charge on any atom is -0.494 e. The third-order valence-electron chi connectivity index (χ3n) is 3.24. The third kappa shape index (κ3) is 5.64. The van der Waals surface area contributed by atoms with Crippen molar-refractivity contribution >= 4 is 5.91 Å². The summed E-state index contributed by atoms with van der Waals surface area (Å²) in [5, 5.41) is 0. The van der Waals surface area contributed by atoms with E-state index in [1.807, 2.05) is 6.92 Å². The van der Waals surface area contributed by atoms with Gasteiger partial charge in [-0.2, -0.15) is 13.2 Å². The van der Waals surface area contributed by atoms with E-state index in [0.717, 1.165) is 4.90 Å². The molecule has 24 heavy (non-hydrogen) atoms. The molecule has 0 bridgehead atoms. The maximum absolute atomic E-state index is 12.7. The quantitative estimate of drug-likeness (QED) is 0.769. The van der Waals surface area contributed by atoms with Crippen LogP contribution in [0.15, 0.2) is 47.1 Å². The lowest BCUT2D eigenvalue weighted by molar-refractivity contribution is -0.162. The van der Waals surface area contributed by atoms with Gasteiger partial charge in [0, 0.05) is 0 Å². The van der Waals surface area contributed by atoms with E-state index >= 15 is 0 Å². The van der Waals surface area contributed by atoms with Crippen LogP contribution in [0.5, 0.6) is 5.75 Å². The van der Waals surface area contributed by atoms with Crippen LogP contribution in [-0.4, -0.2) is 30.1 Å². The van der Waals surface area contributed by atoms with E-state index in [1.54, 1.807) is 30.3 Å². The molecule has 1 heterocycles. The van der Waals surface area contributed by atoms with Crippen LogP contribution in [0.4, 0.5) is 13.2 Å². The van der Waals surface area contributed by atoms with Gasteiger partial charge in [-0.3, -0.25) is 4.79 Å². The molecule has 0 spiro atoms. The predicted octanol–water partition coefficient (Wildman–Crippen LogP) is 3.81. The summed E-state index contributed by atoms with van der Waals surface area (Å²) in [4.78, 5) is 13.0. The molecule has 7 heteroatoms. The van der Waals surface area contributed by atoms with E-state index in [9.17, 15) is 18.0 Å². The maximum Gasteiger partial charge on any atom is 0.406 e. The number of halogens is 3. The summed E-state index contributed by atoms with van der Waals surface area (Å²) in [6, 6.07) is 9.81. The average Bonchev–Trinajstić information content (AvgIpc) is 3.00. The van der Waals surface area contributed by atoms with Gasteiger partial charge in [0.05, 0.1) is 25.8 Å². The molecule has 130 valence electrons. The highest BCUT2D eigenvalue weighted by Gasteiger charge is 2.33. The van der Waals surface area contributed by atoms with Crippen LogP contribution in [0, 0.1) is 0 Å². The highest BCUT2D eigenvalue weighted by molar-refractivity contribution is 5.78. The summed E-state index contributed by atoms with van der Waals surface area (Å²) in [5.41, 5.74) is 0.620. The molecule has 1 aromatic heterocycles. The molecule has 0 atom stereocenters. The van der Waals surface area contributed by atoms with Gasteiger partial charge < -0.3 is 14.1 Å². The first kappa shape index (κ1) is 17.9. The lowest BCUT2D eigenvalue weighted by Gasteiger charge is -2.23. The molecule has 2 rings (SSSR count). The standard InChI is InChI=1S/C17H18F3NO3/c1-2-23-14-7-5-13(6-8-14)10-16(22)21(12-17(18,19)20)11-15-4-3-9-24-15/h3-9H,2,10-12H2,1H3. The smallest absolute Gasteiger partial charge is 0.406 e. The minimum atomic E-state index is -4.47. The van der Waals surface area contributed by atoms with Crippen LogP contribution in [0.2, 0.25) is 0 Å². The van der Waals surface area contributed by atoms with Gasteiger partial charge >= 0.3 is 6.18 Å². The van der Waals surface area contributed by atoms with Crippen LogP contribution in [0.25, 0.3) is 0 Å². The molecule has 0 saturated heterocycles. The van der Waals surface area contributed by atoms with E-state index < -0.39 is 18.6 Å². The fourth-order valence-corrected chi connectivity index (χ4v) is 2.20. The lowest BCUT2D eigenvalue weighted by atomic mass is 10.1. The van der Waals surface area contributed by atoms with Crippen molar-refractivity contribution in [2.45, 2.75) is 26.1 Å². The normalized spacial score (nSPS) is 11.3. The van der Waals surface area contributed by atoms with Gasteiger partial charge in [0.25, 0.3) is 0 Å². The van der Waals surface area contributed by atoms with Gasteiger partial charge in [0.1, 0.15) is 18.1 Å². The van der Waals surface area contributed by atoms with Crippen molar-refractivity contribution in [1.82, 2.24) is 4.90 Å². The molecule has 0 aliphatic carbocycles. The second kappa shape index (κ2) is 7.90. The number of ether oxygens (including phenoxy) is 1. The lowest BCUT2D eigenvalue weighted by Crippen LogP contribution is -2.39. The topological polar surface area (TPSA) is 42.7 Å². The van der Waals surface area contributed by atoms with Gasteiger partial charge in [-0.15, -0.1) is 0 Å². The minimum absolute atomic E-state index is 0.122. The predicted molar refractivity (Wildman–Crippen MR) is 81.5 cm³/mol. The summed E-state index contributed by atoms with van der Waals surface area (Å²) < 4.78 is 48.5. The Kier molecular flexibility index (Phi) is 5.89. The van der Waals surface area contributed by atoms with E-state index in [-0.39, 0.29) is 13.0 Å². The molecule has 0 radical (unpaired) electrons. The molecule has 0 aliphatic rings. The number of rotatable bonds is 7. The summed E-state index contributed by atoms with van der Waals surface area (Å²) >= 11 is 0. The second-order valence-corrected chi connectivity index (χ2v) is 5.20. The molecular weight excluding hydrogens is 323 g/mol.